The van der Waals surface area contributed by atoms with Crippen LogP contribution in [-0.2, 0) is 11.2 Å². The van der Waals surface area contributed by atoms with Crippen LogP contribution in [0, 0.1) is 13.8 Å². The number of amides is 1. The molecule has 0 spiro atoms. The molecule has 0 bridgehead atoms. The summed E-state index contributed by atoms with van der Waals surface area (Å²) in [6.07, 6.45) is 0.330. The summed E-state index contributed by atoms with van der Waals surface area (Å²) < 4.78 is 0. The fraction of sp³-hybridized carbons (Fsp3) is 0.278. The van der Waals surface area contributed by atoms with Gasteiger partial charge in [0, 0.05) is 0 Å². The Hall–Kier alpha value is -2.13. The van der Waals surface area contributed by atoms with Crippen molar-refractivity contribution in [3.8, 4) is 0 Å². The normalized spacial score (nSPS) is 12.0. The zero-order valence-electron chi connectivity index (χ0n) is 12.5. The van der Waals surface area contributed by atoms with Crippen LogP contribution in [-0.4, -0.2) is 17.6 Å². The van der Waals surface area contributed by atoms with Gasteiger partial charge in [0.15, 0.2) is 0 Å². The summed E-state index contributed by atoms with van der Waals surface area (Å²) in [6.45, 7) is 3.91. The molecule has 0 saturated carbocycles. The topological polar surface area (TPSA) is 49.3 Å². The minimum absolute atomic E-state index is 0.0772. The minimum Gasteiger partial charge on any atom is -0.394 e. The van der Waals surface area contributed by atoms with Gasteiger partial charge in [-0.3, -0.25) is 4.79 Å². The third-order valence-corrected chi connectivity index (χ3v) is 3.58. The SMILES string of the molecule is Cc1ccc(C)c(CC(=O)N[C@H](CO)c2ccccc2)c1. The van der Waals surface area contributed by atoms with Crippen molar-refractivity contribution in [1.29, 1.82) is 0 Å². The lowest BCUT2D eigenvalue weighted by Gasteiger charge is -2.17. The fourth-order valence-electron chi connectivity index (χ4n) is 2.33. The zero-order valence-corrected chi connectivity index (χ0v) is 12.5. The summed E-state index contributed by atoms with van der Waals surface area (Å²) in [5, 5.41) is 12.4. The van der Waals surface area contributed by atoms with Gasteiger partial charge in [-0.2, -0.15) is 0 Å². The van der Waals surface area contributed by atoms with Crippen LogP contribution >= 0.6 is 0 Å². The molecular weight excluding hydrogens is 262 g/mol. The molecule has 2 N–H and O–H groups in total. The van der Waals surface area contributed by atoms with E-state index < -0.39 is 0 Å². The summed E-state index contributed by atoms with van der Waals surface area (Å²) in [4.78, 5) is 12.2. The van der Waals surface area contributed by atoms with Gasteiger partial charge in [-0.25, -0.2) is 0 Å². The molecule has 0 aliphatic carbocycles. The molecule has 0 aromatic heterocycles. The number of aliphatic hydroxyl groups excluding tert-OH is 1. The second kappa shape index (κ2) is 7.04. The highest BCUT2D eigenvalue weighted by Gasteiger charge is 2.14. The second-order valence-electron chi connectivity index (χ2n) is 5.32. The van der Waals surface area contributed by atoms with Crippen LogP contribution in [0.2, 0.25) is 0 Å². The highest BCUT2D eigenvalue weighted by Crippen LogP contribution is 2.14. The van der Waals surface area contributed by atoms with Crippen molar-refractivity contribution >= 4 is 5.91 Å². The Labute approximate surface area is 125 Å². The molecule has 0 radical (unpaired) electrons. The number of carbonyl (C=O) groups is 1. The van der Waals surface area contributed by atoms with Crippen molar-refractivity contribution in [2.24, 2.45) is 0 Å². The van der Waals surface area contributed by atoms with Gasteiger partial charge in [0.25, 0.3) is 0 Å². The standard InChI is InChI=1S/C18H21NO2/c1-13-8-9-14(2)16(10-13)11-18(21)19-17(12-20)15-6-4-3-5-7-15/h3-10,17,20H,11-12H2,1-2H3,(H,19,21)/t17-/m1/s1. The van der Waals surface area contributed by atoms with E-state index in [1.165, 1.54) is 0 Å². The number of aryl methyl sites for hydroxylation is 2. The van der Waals surface area contributed by atoms with Crippen molar-refractivity contribution in [1.82, 2.24) is 5.32 Å². The molecule has 2 aromatic carbocycles. The molecule has 110 valence electrons. The first-order valence-corrected chi connectivity index (χ1v) is 7.11. The van der Waals surface area contributed by atoms with Crippen LogP contribution in [0.1, 0.15) is 28.3 Å². The Morgan fingerprint density at radius 1 is 1.14 bits per heavy atom. The lowest BCUT2D eigenvalue weighted by Crippen LogP contribution is -2.32. The van der Waals surface area contributed by atoms with Crippen LogP contribution in [0.5, 0.6) is 0 Å². The third kappa shape index (κ3) is 4.17. The Kier molecular flexibility index (Phi) is 5.12. The van der Waals surface area contributed by atoms with Crippen LogP contribution in [0.25, 0.3) is 0 Å². The van der Waals surface area contributed by atoms with E-state index in [1.54, 1.807) is 0 Å². The van der Waals surface area contributed by atoms with E-state index >= 15 is 0 Å². The monoisotopic (exact) mass is 283 g/mol. The average molecular weight is 283 g/mol. The molecule has 1 amide bonds. The maximum absolute atomic E-state index is 12.2. The maximum atomic E-state index is 12.2. The number of benzene rings is 2. The van der Waals surface area contributed by atoms with Gasteiger partial charge in [-0.15, -0.1) is 0 Å². The first-order chi connectivity index (χ1) is 10.1. The Bertz CT molecular complexity index is 608. The predicted octanol–water partition coefficient (Wildman–Crippen LogP) is 2.70. The molecule has 1 atom stereocenters. The summed E-state index contributed by atoms with van der Waals surface area (Å²) in [5.41, 5.74) is 4.19. The van der Waals surface area contributed by atoms with Gasteiger partial charge < -0.3 is 10.4 Å². The lowest BCUT2D eigenvalue weighted by molar-refractivity contribution is -0.121. The van der Waals surface area contributed by atoms with Crippen LogP contribution in [0.3, 0.4) is 0 Å². The lowest BCUT2D eigenvalue weighted by atomic mass is 10.0. The average Bonchev–Trinajstić information content (AvgIpc) is 2.49. The molecule has 0 aliphatic heterocycles. The Morgan fingerprint density at radius 2 is 1.86 bits per heavy atom. The van der Waals surface area contributed by atoms with Crippen molar-refractivity contribution in [3.05, 3.63) is 70.8 Å². The quantitative estimate of drug-likeness (QED) is 0.886. The first-order valence-electron chi connectivity index (χ1n) is 7.11. The van der Waals surface area contributed by atoms with E-state index in [2.05, 4.69) is 5.32 Å². The van der Waals surface area contributed by atoms with Crippen molar-refractivity contribution in [2.45, 2.75) is 26.3 Å². The summed E-state index contributed by atoms with van der Waals surface area (Å²) in [7, 11) is 0. The number of carbonyl (C=O) groups excluding carboxylic acids is 1. The summed E-state index contributed by atoms with van der Waals surface area (Å²) in [6, 6.07) is 15.3. The van der Waals surface area contributed by atoms with Crippen LogP contribution in [0.4, 0.5) is 0 Å². The van der Waals surface area contributed by atoms with Gasteiger partial charge in [-0.05, 0) is 30.5 Å². The minimum atomic E-state index is -0.358. The Morgan fingerprint density at radius 3 is 2.52 bits per heavy atom. The number of nitrogens with one attached hydrogen (secondary N) is 1. The Balaban J connectivity index is 2.05. The van der Waals surface area contributed by atoms with Gasteiger partial charge in [0.1, 0.15) is 0 Å². The highest BCUT2D eigenvalue weighted by molar-refractivity contribution is 5.79. The number of aliphatic hydroxyl groups is 1. The molecule has 0 fully saturated rings. The number of hydrogen-bond acceptors (Lipinski definition) is 2. The second-order valence-corrected chi connectivity index (χ2v) is 5.32. The molecule has 3 nitrogen and oxygen atoms in total. The van der Waals surface area contributed by atoms with E-state index in [0.717, 1.165) is 22.3 Å². The smallest absolute Gasteiger partial charge is 0.224 e. The first kappa shape index (κ1) is 15.3. The number of hydrogen-bond donors (Lipinski definition) is 2. The van der Waals surface area contributed by atoms with E-state index in [1.807, 2.05) is 62.4 Å². The van der Waals surface area contributed by atoms with E-state index in [4.69, 9.17) is 0 Å². The van der Waals surface area contributed by atoms with E-state index in [9.17, 15) is 9.90 Å². The molecule has 0 aliphatic rings. The predicted molar refractivity (Wildman–Crippen MR) is 84.0 cm³/mol. The molecule has 21 heavy (non-hydrogen) atoms. The van der Waals surface area contributed by atoms with Crippen LogP contribution < -0.4 is 5.32 Å². The van der Waals surface area contributed by atoms with Gasteiger partial charge in [0.05, 0.1) is 19.1 Å². The molecule has 2 aromatic rings. The molecule has 0 saturated heterocycles. The third-order valence-electron chi connectivity index (χ3n) is 3.58. The largest absolute Gasteiger partial charge is 0.394 e. The maximum Gasteiger partial charge on any atom is 0.224 e. The summed E-state index contributed by atoms with van der Waals surface area (Å²) in [5.74, 6) is -0.0772. The number of rotatable bonds is 5. The molecule has 0 unspecified atom stereocenters. The molecule has 0 heterocycles. The van der Waals surface area contributed by atoms with Crippen LogP contribution in [0.15, 0.2) is 48.5 Å². The fourth-order valence-corrected chi connectivity index (χ4v) is 2.33. The van der Waals surface area contributed by atoms with Gasteiger partial charge in [-0.1, -0.05) is 54.1 Å². The van der Waals surface area contributed by atoms with E-state index in [-0.39, 0.29) is 18.6 Å². The van der Waals surface area contributed by atoms with Crippen molar-refractivity contribution in [3.63, 3.8) is 0 Å². The summed E-state index contributed by atoms with van der Waals surface area (Å²) >= 11 is 0. The molecule has 3 heteroatoms. The highest BCUT2D eigenvalue weighted by atomic mass is 16.3. The van der Waals surface area contributed by atoms with Crippen molar-refractivity contribution < 1.29 is 9.90 Å². The zero-order chi connectivity index (χ0) is 15.2. The van der Waals surface area contributed by atoms with Gasteiger partial charge >= 0.3 is 0 Å². The van der Waals surface area contributed by atoms with Gasteiger partial charge in [0.2, 0.25) is 5.91 Å². The van der Waals surface area contributed by atoms with Crippen molar-refractivity contribution in [2.75, 3.05) is 6.61 Å². The molecular formula is C18H21NO2. The molecule has 2 rings (SSSR count). The van der Waals surface area contributed by atoms with E-state index in [0.29, 0.717) is 6.42 Å².